The lowest BCUT2D eigenvalue weighted by Crippen LogP contribution is -2.13. The number of hydrogen-bond acceptors (Lipinski definition) is 5. The Morgan fingerprint density at radius 3 is 2.56 bits per heavy atom. The van der Waals surface area contributed by atoms with Gasteiger partial charge in [-0.05, 0) is 23.3 Å². The van der Waals surface area contributed by atoms with Gasteiger partial charge in [-0.1, -0.05) is 42.5 Å². The van der Waals surface area contributed by atoms with E-state index in [1.54, 1.807) is 36.3 Å². The average molecular weight is 355 g/mol. The molecule has 0 aliphatic carbocycles. The number of nitrogens with one attached hydrogen (secondary N) is 1. The van der Waals surface area contributed by atoms with Crippen LogP contribution in [0.1, 0.15) is 17.2 Å². The van der Waals surface area contributed by atoms with Gasteiger partial charge in [0.05, 0.1) is 18.5 Å². The molecule has 0 spiro atoms. The number of aliphatic hydroxyl groups is 1. The molecule has 0 amide bonds. The van der Waals surface area contributed by atoms with E-state index in [0.29, 0.717) is 11.4 Å². The number of rotatable bonds is 7. The quantitative estimate of drug-likeness (QED) is 0.626. The summed E-state index contributed by atoms with van der Waals surface area (Å²) in [5.41, 5.74) is 1.87. The molecule has 1 aromatic heterocycles. The van der Waals surface area contributed by atoms with E-state index in [1.165, 1.54) is 17.7 Å². The van der Waals surface area contributed by atoms with E-state index in [2.05, 4.69) is 27.4 Å². The molecule has 3 rings (SSSR count). The first-order valence-corrected chi connectivity index (χ1v) is 8.85. The fourth-order valence-corrected chi connectivity index (χ4v) is 3.04. The minimum atomic E-state index is -0.747. The van der Waals surface area contributed by atoms with Crippen LogP contribution in [-0.2, 0) is 5.75 Å². The maximum atomic E-state index is 12.9. The topological polar surface area (TPSA) is 58.0 Å². The number of benzene rings is 2. The van der Waals surface area contributed by atoms with Gasteiger partial charge in [0, 0.05) is 12.3 Å². The van der Waals surface area contributed by atoms with Crippen LogP contribution in [-0.4, -0.2) is 21.6 Å². The van der Waals surface area contributed by atoms with E-state index in [0.717, 1.165) is 10.8 Å². The molecule has 0 bridgehead atoms. The number of anilines is 1. The van der Waals surface area contributed by atoms with Crippen LogP contribution in [0.4, 0.5) is 10.2 Å². The van der Waals surface area contributed by atoms with Gasteiger partial charge in [-0.25, -0.2) is 9.37 Å². The van der Waals surface area contributed by atoms with Crippen LogP contribution in [0, 0.1) is 5.82 Å². The molecule has 6 heteroatoms. The lowest BCUT2D eigenvalue weighted by atomic mass is 10.1. The Hall–Kier alpha value is -2.44. The predicted molar refractivity (Wildman–Crippen MR) is 97.9 cm³/mol. The second-order valence-corrected chi connectivity index (χ2v) is 6.46. The van der Waals surface area contributed by atoms with Gasteiger partial charge in [0.15, 0.2) is 0 Å². The number of hydrogen-bond donors (Lipinski definition) is 2. The minimum absolute atomic E-state index is 0.271. The van der Waals surface area contributed by atoms with Gasteiger partial charge in [0.1, 0.15) is 16.7 Å². The molecule has 1 unspecified atom stereocenters. The summed E-state index contributed by atoms with van der Waals surface area (Å²) >= 11 is 1.60. The van der Waals surface area contributed by atoms with Crippen LogP contribution in [0.25, 0.3) is 0 Å². The van der Waals surface area contributed by atoms with E-state index >= 15 is 0 Å². The second kappa shape index (κ2) is 8.60. The van der Waals surface area contributed by atoms with Gasteiger partial charge in [-0.15, -0.1) is 11.8 Å². The molecule has 0 aliphatic rings. The monoisotopic (exact) mass is 355 g/mol. The normalized spacial score (nSPS) is 11.9. The standard InChI is InChI=1S/C19H18FN3OS/c20-16-8-6-15(7-9-16)17(24)10-22-18-11-21-12-19(23-18)25-13-14-4-2-1-3-5-14/h1-9,11-12,17,24H,10,13H2,(H,22,23). The van der Waals surface area contributed by atoms with Crippen molar-refractivity contribution in [1.82, 2.24) is 9.97 Å². The molecule has 4 nitrogen and oxygen atoms in total. The van der Waals surface area contributed by atoms with Crippen LogP contribution in [0.2, 0.25) is 0 Å². The zero-order chi connectivity index (χ0) is 17.5. The number of nitrogens with zero attached hydrogens (tertiary/aromatic N) is 2. The summed E-state index contributed by atoms with van der Waals surface area (Å²) in [5.74, 6) is 1.09. The summed E-state index contributed by atoms with van der Waals surface area (Å²) in [6.07, 6.45) is 2.59. The van der Waals surface area contributed by atoms with E-state index < -0.39 is 6.10 Å². The maximum absolute atomic E-state index is 12.9. The summed E-state index contributed by atoms with van der Waals surface area (Å²) in [4.78, 5) is 8.67. The van der Waals surface area contributed by atoms with Gasteiger partial charge in [-0.2, -0.15) is 0 Å². The van der Waals surface area contributed by atoms with Crippen LogP contribution in [0.3, 0.4) is 0 Å². The van der Waals surface area contributed by atoms with E-state index in [-0.39, 0.29) is 12.4 Å². The first-order valence-electron chi connectivity index (χ1n) is 7.87. The fourth-order valence-electron chi connectivity index (χ4n) is 2.24. The zero-order valence-electron chi connectivity index (χ0n) is 13.5. The summed E-state index contributed by atoms with van der Waals surface area (Å²) in [6.45, 7) is 0.271. The van der Waals surface area contributed by atoms with Crippen molar-refractivity contribution in [2.45, 2.75) is 16.9 Å². The summed E-state index contributed by atoms with van der Waals surface area (Å²) < 4.78 is 12.9. The smallest absolute Gasteiger partial charge is 0.145 e. The van der Waals surface area contributed by atoms with E-state index in [4.69, 9.17) is 0 Å². The van der Waals surface area contributed by atoms with Gasteiger partial charge < -0.3 is 10.4 Å². The third-order valence-corrected chi connectivity index (χ3v) is 4.54. The first-order chi connectivity index (χ1) is 12.2. The molecule has 128 valence electrons. The molecule has 25 heavy (non-hydrogen) atoms. The Balaban J connectivity index is 1.55. The van der Waals surface area contributed by atoms with Crippen molar-refractivity contribution < 1.29 is 9.50 Å². The Bertz CT molecular complexity index is 799. The van der Waals surface area contributed by atoms with Crippen molar-refractivity contribution in [3.63, 3.8) is 0 Å². The van der Waals surface area contributed by atoms with Crippen molar-refractivity contribution >= 4 is 17.6 Å². The number of halogens is 1. The average Bonchev–Trinajstić information content (AvgIpc) is 2.66. The molecular formula is C19H18FN3OS. The van der Waals surface area contributed by atoms with Gasteiger partial charge >= 0.3 is 0 Å². The van der Waals surface area contributed by atoms with Crippen LogP contribution in [0.15, 0.2) is 72.0 Å². The Kier molecular flexibility index (Phi) is 5.98. The Labute approximate surface area is 150 Å². The highest BCUT2D eigenvalue weighted by Gasteiger charge is 2.08. The molecule has 2 N–H and O–H groups in total. The molecule has 0 saturated carbocycles. The second-order valence-electron chi connectivity index (χ2n) is 5.47. The highest BCUT2D eigenvalue weighted by Crippen LogP contribution is 2.21. The van der Waals surface area contributed by atoms with Gasteiger partial charge in [0.25, 0.3) is 0 Å². The number of thioether (sulfide) groups is 1. The van der Waals surface area contributed by atoms with Gasteiger partial charge in [0.2, 0.25) is 0 Å². The van der Waals surface area contributed by atoms with Crippen molar-refractivity contribution in [2.24, 2.45) is 0 Å². The first kappa shape index (κ1) is 17.4. The molecule has 1 heterocycles. The largest absolute Gasteiger partial charge is 0.387 e. The Morgan fingerprint density at radius 1 is 1.04 bits per heavy atom. The van der Waals surface area contributed by atoms with Gasteiger partial charge in [-0.3, -0.25) is 4.98 Å². The number of aliphatic hydroxyl groups excluding tert-OH is 1. The molecule has 0 radical (unpaired) electrons. The predicted octanol–water partition coefficient (Wildman–Crippen LogP) is 4.05. The highest BCUT2D eigenvalue weighted by molar-refractivity contribution is 7.98. The lowest BCUT2D eigenvalue weighted by Gasteiger charge is -2.13. The fraction of sp³-hybridized carbons (Fsp3) is 0.158. The molecule has 0 saturated heterocycles. The molecule has 1 atom stereocenters. The van der Waals surface area contributed by atoms with Crippen LogP contribution >= 0.6 is 11.8 Å². The lowest BCUT2D eigenvalue weighted by molar-refractivity contribution is 0.191. The van der Waals surface area contributed by atoms with E-state index in [9.17, 15) is 9.50 Å². The van der Waals surface area contributed by atoms with Crippen molar-refractivity contribution in [3.8, 4) is 0 Å². The molecule has 2 aromatic carbocycles. The van der Waals surface area contributed by atoms with Crippen molar-refractivity contribution in [3.05, 3.63) is 83.9 Å². The van der Waals surface area contributed by atoms with Crippen molar-refractivity contribution in [2.75, 3.05) is 11.9 Å². The third kappa shape index (κ3) is 5.27. The highest BCUT2D eigenvalue weighted by atomic mass is 32.2. The summed E-state index contributed by atoms with van der Waals surface area (Å²) in [6, 6.07) is 16.0. The van der Waals surface area contributed by atoms with Crippen LogP contribution < -0.4 is 5.32 Å². The summed E-state index contributed by atoms with van der Waals surface area (Å²) in [5, 5.41) is 14.0. The molecule has 3 aromatic rings. The third-order valence-electron chi connectivity index (χ3n) is 3.57. The minimum Gasteiger partial charge on any atom is -0.387 e. The summed E-state index contributed by atoms with van der Waals surface area (Å²) in [7, 11) is 0. The molecular weight excluding hydrogens is 337 g/mol. The number of aromatic nitrogens is 2. The molecule has 0 fully saturated rings. The van der Waals surface area contributed by atoms with E-state index in [1.807, 2.05) is 18.2 Å². The zero-order valence-corrected chi connectivity index (χ0v) is 14.3. The maximum Gasteiger partial charge on any atom is 0.145 e. The SMILES string of the molecule is OC(CNc1cncc(SCc2ccccc2)n1)c1ccc(F)cc1. The Morgan fingerprint density at radius 2 is 1.80 bits per heavy atom. The molecule has 0 aliphatic heterocycles. The van der Waals surface area contributed by atoms with Crippen LogP contribution in [0.5, 0.6) is 0 Å². The van der Waals surface area contributed by atoms with Crippen molar-refractivity contribution in [1.29, 1.82) is 0 Å².